The van der Waals surface area contributed by atoms with Crippen molar-refractivity contribution < 1.29 is 4.74 Å². The van der Waals surface area contributed by atoms with Crippen molar-refractivity contribution in [1.29, 1.82) is 0 Å². The van der Waals surface area contributed by atoms with E-state index in [-0.39, 0.29) is 0 Å². The monoisotopic (exact) mass is 313 g/mol. The maximum Gasteiger partial charge on any atom is 0.158 e. The van der Waals surface area contributed by atoms with Crippen molar-refractivity contribution >= 4 is 17.4 Å². The summed E-state index contributed by atoms with van der Waals surface area (Å²) >= 11 is 6.04. The molecule has 1 aliphatic rings. The molecular weight excluding hydrogens is 290 g/mol. The third kappa shape index (κ3) is 5.07. The van der Waals surface area contributed by atoms with Crippen molar-refractivity contribution in [2.75, 3.05) is 52.2 Å². The van der Waals surface area contributed by atoms with Gasteiger partial charge in [0.05, 0.1) is 0 Å². The summed E-state index contributed by atoms with van der Waals surface area (Å²) in [5, 5.41) is 3.80. The first kappa shape index (κ1) is 16.4. The fourth-order valence-electron chi connectivity index (χ4n) is 2.36. The van der Waals surface area contributed by atoms with Crippen LogP contribution in [0.2, 0.25) is 5.15 Å². The van der Waals surface area contributed by atoms with E-state index in [1.165, 1.54) is 0 Å². The lowest BCUT2D eigenvalue weighted by molar-refractivity contribution is 0.121. The largest absolute Gasteiger partial charge is 0.374 e. The molecule has 1 saturated heterocycles. The van der Waals surface area contributed by atoms with Gasteiger partial charge in [-0.25, -0.2) is 9.97 Å². The Morgan fingerprint density at radius 3 is 2.95 bits per heavy atom. The van der Waals surface area contributed by atoms with Gasteiger partial charge in [-0.05, 0) is 21.0 Å². The number of rotatable bonds is 6. The summed E-state index contributed by atoms with van der Waals surface area (Å²) in [5.41, 5.74) is 0. The van der Waals surface area contributed by atoms with Gasteiger partial charge in [0.2, 0.25) is 0 Å². The second-order valence-corrected chi connectivity index (χ2v) is 5.79. The van der Waals surface area contributed by atoms with E-state index in [9.17, 15) is 0 Å². The molecule has 2 heterocycles. The first-order valence-corrected chi connectivity index (χ1v) is 7.70. The van der Waals surface area contributed by atoms with E-state index in [1.54, 1.807) is 6.07 Å². The molecule has 1 unspecified atom stereocenters. The minimum absolute atomic E-state index is 0.387. The second-order valence-electron chi connectivity index (χ2n) is 5.41. The molecule has 1 aromatic rings. The van der Waals surface area contributed by atoms with E-state index < -0.39 is 0 Å². The molecule has 6 nitrogen and oxygen atoms in total. The predicted molar refractivity (Wildman–Crippen MR) is 84.8 cm³/mol. The molecule has 0 aromatic carbocycles. The van der Waals surface area contributed by atoms with Crippen LogP contribution in [0.5, 0.6) is 0 Å². The Morgan fingerprint density at radius 2 is 2.19 bits per heavy atom. The molecule has 7 heteroatoms. The lowest BCUT2D eigenvalue weighted by Crippen LogP contribution is -2.52. The highest BCUT2D eigenvalue weighted by atomic mass is 35.5. The third-order valence-corrected chi connectivity index (χ3v) is 3.87. The Balaban J connectivity index is 1.94. The fourth-order valence-corrected chi connectivity index (χ4v) is 2.56. The Bertz CT molecular complexity index is 459. The van der Waals surface area contributed by atoms with Crippen LogP contribution in [0.3, 0.4) is 0 Å². The van der Waals surface area contributed by atoms with Crippen molar-refractivity contribution in [1.82, 2.24) is 19.8 Å². The first-order valence-electron chi connectivity index (χ1n) is 7.32. The average molecular weight is 314 g/mol. The van der Waals surface area contributed by atoms with Crippen LogP contribution in [-0.2, 0) is 11.3 Å². The fraction of sp³-hybridized carbons (Fsp3) is 0.714. The summed E-state index contributed by atoms with van der Waals surface area (Å²) in [6.45, 7) is 7.05. The molecule has 2 rings (SSSR count). The van der Waals surface area contributed by atoms with Crippen LogP contribution in [0.4, 0.5) is 5.82 Å². The highest BCUT2D eigenvalue weighted by Crippen LogP contribution is 2.13. The molecule has 1 aromatic heterocycles. The second kappa shape index (κ2) is 7.89. The normalized spacial score (nSPS) is 20.7. The summed E-state index contributed by atoms with van der Waals surface area (Å²) in [4.78, 5) is 13.3. The Labute approximate surface area is 131 Å². The molecule has 0 radical (unpaired) electrons. The van der Waals surface area contributed by atoms with Crippen molar-refractivity contribution in [3.05, 3.63) is 17.0 Å². The molecular formula is C14H24ClN5O. The number of hydrogen-bond donors (Lipinski definition) is 1. The molecule has 118 valence electrons. The van der Waals surface area contributed by atoms with Crippen molar-refractivity contribution in [3.8, 4) is 0 Å². The zero-order valence-electron chi connectivity index (χ0n) is 13.0. The third-order valence-electron chi connectivity index (χ3n) is 3.68. The van der Waals surface area contributed by atoms with Gasteiger partial charge in [-0.2, -0.15) is 0 Å². The molecule has 21 heavy (non-hydrogen) atoms. The van der Waals surface area contributed by atoms with Gasteiger partial charge in [-0.3, -0.25) is 4.90 Å². The summed E-state index contributed by atoms with van der Waals surface area (Å²) in [7, 11) is 4.31. The number of piperazine rings is 1. The summed E-state index contributed by atoms with van der Waals surface area (Å²) in [5.74, 6) is 1.37. The summed E-state index contributed by atoms with van der Waals surface area (Å²) in [6, 6.07) is 2.22. The van der Waals surface area contributed by atoms with E-state index in [0.717, 1.165) is 32.0 Å². The van der Waals surface area contributed by atoms with Gasteiger partial charge in [-0.1, -0.05) is 11.6 Å². The van der Waals surface area contributed by atoms with E-state index in [2.05, 4.69) is 39.2 Å². The van der Waals surface area contributed by atoms with E-state index in [1.807, 2.05) is 6.92 Å². The van der Waals surface area contributed by atoms with E-state index in [0.29, 0.717) is 30.2 Å². The molecule has 1 fully saturated rings. The smallest absolute Gasteiger partial charge is 0.158 e. The first-order chi connectivity index (χ1) is 10.1. The van der Waals surface area contributed by atoms with Crippen LogP contribution < -0.4 is 5.32 Å². The average Bonchev–Trinajstić information content (AvgIpc) is 2.45. The number of anilines is 1. The van der Waals surface area contributed by atoms with Crippen molar-refractivity contribution in [3.63, 3.8) is 0 Å². The number of hydrogen-bond acceptors (Lipinski definition) is 6. The van der Waals surface area contributed by atoms with Gasteiger partial charge in [-0.15, -0.1) is 0 Å². The molecule has 0 saturated carbocycles. The van der Waals surface area contributed by atoms with Crippen LogP contribution in [0, 0.1) is 0 Å². The molecule has 0 amide bonds. The minimum atomic E-state index is 0.387. The molecule has 0 aliphatic carbocycles. The lowest BCUT2D eigenvalue weighted by Gasteiger charge is -2.37. The standard InChI is InChI=1S/C14H24ClN5O/c1-4-21-10-14-17-12(15)7-13(18-14)16-8-11-9-19(2)5-6-20(11)3/h7,11H,4-6,8-10H2,1-3H3,(H,16,17,18). The Kier molecular flexibility index (Phi) is 6.17. The van der Waals surface area contributed by atoms with Gasteiger partial charge in [0, 0.05) is 44.9 Å². The maximum atomic E-state index is 6.04. The molecule has 0 spiro atoms. The van der Waals surface area contributed by atoms with E-state index in [4.69, 9.17) is 16.3 Å². The number of aromatic nitrogens is 2. The minimum Gasteiger partial charge on any atom is -0.374 e. The van der Waals surface area contributed by atoms with Gasteiger partial charge in [0.25, 0.3) is 0 Å². The number of nitrogens with zero attached hydrogens (tertiary/aromatic N) is 4. The van der Waals surface area contributed by atoms with Gasteiger partial charge >= 0.3 is 0 Å². The number of nitrogens with one attached hydrogen (secondary N) is 1. The number of halogens is 1. The van der Waals surface area contributed by atoms with Gasteiger partial charge in [0.1, 0.15) is 17.6 Å². The molecule has 0 bridgehead atoms. The summed E-state index contributed by atoms with van der Waals surface area (Å²) in [6.07, 6.45) is 0. The number of likely N-dealkylation sites (N-methyl/N-ethyl adjacent to an activating group) is 2. The summed E-state index contributed by atoms with van der Waals surface area (Å²) < 4.78 is 5.33. The highest BCUT2D eigenvalue weighted by Gasteiger charge is 2.21. The molecule has 1 aliphatic heterocycles. The topological polar surface area (TPSA) is 53.5 Å². The van der Waals surface area contributed by atoms with Gasteiger partial charge in [0.15, 0.2) is 5.82 Å². The van der Waals surface area contributed by atoms with Crippen LogP contribution >= 0.6 is 11.6 Å². The zero-order chi connectivity index (χ0) is 15.2. The van der Waals surface area contributed by atoms with Crippen LogP contribution in [-0.4, -0.2) is 72.7 Å². The Morgan fingerprint density at radius 1 is 1.38 bits per heavy atom. The molecule has 1 atom stereocenters. The van der Waals surface area contributed by atoms with Crippen LogP contribution in [0.15, 0.2) is 6.07 Å². The SMILES string of the molecule is CCOCc1nc(Cl)cc(NCC2CN(C)CCN2C)n1. The van der Waals surface area contributed by atoms with Crippen molar-refractivity contribution in [2.45, 2.75) is 19.6 Å². The highest BCUT2D eigenvalue weighted by molar-refractivity contribution is 6.29. The predicted octanol–water partition coefficient (Wildman–Crippen LogP) is 1.32. The van der Waals surface area contributed by atoms with Crippen LogP contribution in [0.25, 0.3) is 0 Å². The van der Waals surface area contributed by atoms with Crippen LogP contribution in [0.1, 0.15) is 12.7 Å². The number of ether oxygens (including phenoxy) is 1. The lowest BCUT2D eigenvalue weighted by atomic mass is 10.2. The maximum absolute atomic E-state index is 6.04. The Hall–Kier alpha value is -0.950. The van der Waals surface area contributed by atoms with Crippen molar-refractivity contribution in [2.24, 2.45) is 0 Å². The zero-order valence-corrected chi connectivity index (χ0v) is 13.7. The van der Waals surface area contributed by atoms with Gasteiger partial charge < -0.3 is 15.0 Å². The quantitative estimate of drug-likeness (QED) is 0.800. The molecule has 1 N–H and O–H groups in total. The van der Waals surface area contributed by atoms with E-state index >= 15 is 0 Å².